The number of hydrogen-bond acceptors (Lipinski definition) is 6. The van der Waals surface area contributed by atoms with E-state index in [0.717, 1.165) is 41.5 Å². The highest BCUT2D eigenvalue weighted by Gasteiger charge is 2.38. The monoisotopic (exact) mass is 521 g/mol. The first-order valence-corrected chi connectivity index (χ1v) is 13.0. The molecule has 202 valence electrons. The molecule has 0 spiro atoms. The van der Waals surface area contributed by atoms with Crippen molar-refractivity contribution in [2.45, 2.75) is 56.7 Å². The van der Waals surface area contributed by atoms with Gasteiger partial charge in [0.15, 0.2) is 0 Å². The smallest absolute Gasteiger partial charge is 0.407 e. The van der Waals surface area contributed by atoms with Gasteiger partial charge in [0.2, 0.25) is 5.91 Å². The molecule has 3 atom stereocenters. The van der Waals surface area contributed by atoms with Crippen LogP contribution in [0.5, 0.6) is 0 Å². The molecule has 9 nitrogen and oxygen atoms in total. The first-order chi connectivity index (χ1) is 18.4. The lowest BCUT2D eigenvalue weighted by molar-refractivity contribution is -0.133. The van der Waals surface area contributed by atoms with Crippen molar-refractivity contribution in [3.8, 4) is 11.1 Å². The Labute approximate surface area is 222 Å². The minimum Gasteiger partial charge on any atom is -0.478 e. The average molecular weight is 522 g/mol. The van der Waals surface area contributed by atoms with Crippen LogP contribution >= 0.6 is 0 Å². The van der Waals surface area contributed by atoms with E-state index in [1.807, 2.05) is 36.4 Å². The molecule has 2 aliphatic carbocycles. The minimum absolute atomic E-state index is 0.0253. The number of carbonyl (C=O) groups is 3. The number of rotatable bonds is 11. The number of benzene rings is 2. The van der Waals surface area contributed by atoms with Crippen molar-refractivity contribution in [2.24, 2.45) is 5.73 Å². The summed E-state index contributed by atoms with van der Waals surface area (Å²) in [5.74, 6) is -1.51. The van der Waals surface area contributed by atoms with Crippen LogP contribution in [0.1, 0.15) is 49.7 Å². The normalized spacial score (nSPS) is 20.2. The number of nitrogens with one attached hydrogen (secondary N) is 2. The largest absolute Gasteiger partial charge is 0.478 e. The van der Waals surface area contributed by atoms with E-state index in [1.165, 1.54) is 13.0 Å². The fourth-order valence-corrected chi connectivity index (χ4v) is 5.27. The first-order valence-electron chi connectivity index (χ1n) is 13.0. The van der Waals surface area contributed by atoms with E-state index in [2.05, 4.69) is 22.8 Å². The minimum atomic E-state index is -1.10. The van der Waals surface area contributed by atoms with Gasteiger partial charge in [0.25, 0.3) is 0 Å². The maximum Gasteiger partial charge on any atom is 0.407 e. The van der Waals surface area contributed by atoms with Gasteiger partial charge in [-0.05, 0) is 54.1 Å². The maximum absolute atomic E-state index is 13.0. The quantitative estimate of drug-likeness (QED) is 0.333. The zero-order valence-corrected chi connectivity index (χ0v) is 21.5. The third-order valence-corrected chi connectivity index (χ3v) is 7.04. The van der Waals surface area contributed by atoms with E-state index in [-0.39, 0.29) is 30.4 Å². The molecule has 2 aliphatic rings. The number of carboxylic acids is 1. The van der Waals surface area contributed by atoms with Crippen molar-refractivity contribution in [2.75, 3.05) is 19.8 Å². The maximum atomic E-state index is 13.0. The van der Waals surface area contributed by atoms with Crippen LogP contribution in [0.4, 0.5) is 4.79 Å². The molecule has 0 bridgehead atoms. The molecule has 4 rings (SSSR count). The van der Waals surface area contributed by atoms with Crippen molar-refractivity contribution in [3.05, 3.63) is 71.3 Å². The summed E-state index contributed by atoms with van der Waals surface area (Å²) in [6.07, 6.45) is 2.65. The Hall–Kier alpha value is -3.69. The summed E-state index contributed by atoms with van der Waals surface area (Å²) in [6, 6.07) is 14.7. The van der Waals surface area contributed by atoms with Crippen molar-refractivity contribution in [3.63, 3.8) is 0 Å². The molecule has 9 heteroatoms. The molecular formula is C29H35N3O6. The number of hydrogen-bond donors (Lipinski definition) is 4. The van der Waals surface area contributed by atoms with Crippen molar-refractivity contribution < 1.29 is 29.0 Å². The van der Waals surface area contributed by atoms with Crippen LogP contribution in [0.2, 0.25) is 0 Å². The number of nitrogens with two attached hydrogens (primary N) is 1. The van der Waals surface area contributed by atoms with Gasteiger partial charge < -0.3 is 30.9 Å². The molecule has 0 aromatic heterocycles. The molecular weight excluding hydrogens is 486 g/mol. The number of unbranched alkanes of at least 4 members (excludes halogenated alkanes) is 2. The Bertz CT molecular complexity index is 1150. The summed E-state index contributed by atoms with van der Waals surface area (Å²) in [4.78, 5) is 36.8. The third-order valence-electron chi connectivity index (χ3n) is 7.04. The Balaban J connectivity index is 1.45. The highest BCUT2D eigenvalue weighted by Crippen LogP contribution is 2.44. The summed E-state index contributed by atoms with van der Waals surface area (Å²) in [7, 11) is 0. The van der Waals surface area contributed by atoms with Gasteiger partial charge in [-0.25, -0.2) is 9.59 Å². The molecule has 0 aliphatic heterocycles. The Morgan fingerprint density at radius 2 is 1.63 bits per heavy atom. The average Bonchev–Trinajstić information content (AvgIpc) is 3.22. The van der Waals surface area contributed by atoms with Crippen LogP contribution in [0, 0.1) is 0 Å². The molecule has 0 radical (unpaired) electrons. The zero-order valence-electron chi connectivity index (χ0n) is 21.5. The number of aliphatic carboxylic acids is 1. The van der Waals surface area contributed by atoms with E-state index in [1.54, 1.807) is 0 Å². The van der Waals surface area contributed by atoms with Gasteiger partial charge in [0.05, 0.1) is 18.2 Å². The van der Waals surface area contributed by atoms with E-state index in [4.69, 9.17) is 15.2 Å². The summed E-state index contributed by atoms with van der Waals surface area (Å²) in [6.45, 7) is 2.47. The molecule has 0 fully saturated rings. The third kappa shape index (κ3) is 6.41. The van der Waals surface area contributed by atoms with E-state index >= 15 is 0 Å². The SMILES string of the molecule is CC(=O)N[C@@H]1[C@@H](OCCCCCN)C=C(C(=O)O)C[C@H]1NC(=O)OCC1c2ccccc2-c2ccccc21. The number of alkyl carbamates (subject to hydrolysis) is 1. The molecule has 5 N–H and O–H groups in total. The Morgan fingerprint density at radius 1 is 0.974 bits per heavy atom. The number of carbonyl (C=O) groups excluding carboxylic acids is 2. The van der Waals surface area contributed by atoms with Crippen molar-refractivity contribution >= 4 is 18.0 Å². The predicted molar refractivity (Wildman–Crippen MR) is 143 cm³/mol. The van der Waals surface area contributed by atoms with Gasteiger partial charge in [-0.1, -0.05) is 48.5 Å². The molecule has 0 saturated carbocycles. The second kappa shape index (κ2) is 12.7. The number of ether oxygens (including phenoxy) is 2. The van der Waals surface area contributed by atoms with Gasteiger partial charge in [0.1, 0.15) is 6.61 Å². The number of amides is 2. The molecule has 2 amide bonds. The van der Waals surface area contributed by atoms with Crippen molar-refractivity contribution in [1.29, 1.82) is 0 Å². The molecule has 38 heavy (non-hydrogen) atoms. The molecule has 0 unspecified atom stereocenters. The number of carboxylic acid groups (broad SMARTS) is 1. The van der Waals surface area contributed by atoms with Crippen LogP contribution in [0.25, 0.3) is 11.1 Å². The van der Waals surface area contributed by atoms with Crippen molar-refractivity contribution in [1.82, 2.24) is 10.6 Å². The topological polar surface area (TPSA) is 140 Å². The fraction of sp³-hybridized carbons (Fsp3) is 0.414. The van der Waals surface area contributed by atoms with Gasteiger partial charge in [-0.2, -0.15) is 0 Å². The first kappa shape index (κ1) is 27.3. The molecule has 0 saturated heterocycles. The summed E-state index contributed by atoms with van der Waals surface area (Å²) < 4.78 is 11.6. The van der Waals surface area contributed by atoms with Crippen LogP contribution in [-0.2, 0) is 19.1 Å². The van der Waals surface area contributed by atoms with Crippen LogP contribution in [0.3, 0.4) is 0 Å². The summed E-state index contributed by atoms with van der Waals surface area (Å²) in [5, 5.41) is 15.3. The van der Waals surface area contributed by atoms with Gasteiger partial charge >= 0.3 is 12.1 Å². The lowest BCUT2D eigenvalue weighted by Crippen LogP contribution is -2.59. The zero-order chi connectivity index (χ0) is 27.1. The Morgan fingerprint density at radius 3 is 2.24 bits per heavy atom. The highest BCUT2D eigenvalue weighted by atomic mass is 16.5. The predicted octanol–water partition coefficient (Wildman–Crippen LogP) is 3.33. The lowest BCUT2D eigenvalue weighted by Gasteiger charge is -2.36. The lowest BCUT2D eigenvalue weighted by atomic mass is 9.87. The molecule has 2 aromatic rings. The van der Waals surface area contributed by atoms with Crippen LogP contribution in [-0.4, -0.2) is 61.0 Å². The van der Waals surface area contributed by atoms with Crippen LogP contribution < -0.4 is 16.4 Å². The van der Waals surface area contributed by atoms with E-state index in [0.29, 0.717) is 13.2 Å². The Kier molecular flexibility index (Phi) is 9.15. The van der Waals surface area contributed by atoms with Gasteiger partial charge in [-0.3, -0.25) is 4.79 Å². The van der Waals surface area contributed by atoms with Crippen LogP contribution in [0.15, 0.2) is 60.2 Å². The standard InChI is InChI=1S/C29H35N3O6/c1-18(33)31-27-25(15-19(28(34)35)16-26(27)37-14-8-2-7-13-30)32-29(36)38-17-24-22-11-5-3-9-20(22)21-10-4-6-12-23(21)24/h3-6,9-12,16,24-27H,2,7-8,13-15,17,30H2,1H3,(H,31,33)(H,32,36)(H,34,35)/t25-,26+,27+/m1/s1. The molecule has 0 heterocycles. The summed E-state index contributed by atoms with van der Waals surface area (Å²) >= 11 is 0. The summed E-state index contributed by atoms with van der Waals surface area (Å²) in [5.41, 5.74) is 10.1. The second-order valence-corrected chi connectivity index (χ2v) is 9.69. The highest BCUT2D eigenvalue weighted by molar-refractivity contribution is 5.87. The number of fused-ring (bicyclic) bond motifs is 3. The second-order valence-electron chi connectivity index (χ2n) is 9.69. The van der Waals surface area contributed by atoms with Gasteiger partial charge in [0, 0.05) is 31.4 Å². The van der Waals surface area contributed by atoms with E-state index in [9.17, 15) is 19.5 Å². The van der Waals surface area contributed by atoms with E-state index < -0.39 is 30.3 Å². The molecule has 2 aromatic carbocycles. The fourth-order valence-electron chi connectivity index (χ4n) is 5.27. The van der Waals surface area contributed by atoms with Gasteiger partial charge in [-0.15, -0.1) is 0 Å².